The summed E-state index contributed by atoms with van der Waals surface area (Å²) in [5.41, 5.74) is 0.298. The van der Waals surface area contributed by atoms with Gasteiger partial charge >= 0.3 is 71.6 Å². The summed E-state index contributed by atoms with van der Waals surface area (Å²) in [5.74, 6) is -78.9. The highest BCUT2D eigenvalue weighted by atomic mass is 35.5. The first-order valence-electron chi connectivity index (χ1n) is 18.1. The maximum absolute atomic E-state index is 15.3. The van der Waals surface area contributed by atoms with Crippen LogP contribution in [-0.2, 0) is 0 Å². The van der Waals surface area contributed by atoms with Crippen molar-refractivity contribution in [2.45, 2.75) is 151 Å². The second-order valence-corrected chi connectivity index (χ2v) is 15.6. The van der Waals surface area contributed by atoms with E-state index in [0.29, 0.717) is 20.6 Å². The molecule has 0 aromatic heterocycles. The van der Waals surface area contributed by atoms with E-state index in [-0.39, 0.29) is 46.0 Å². The van der Waals surface area contributed by atoms with E-state index in [1.54, 1.807) is 0 Å². The normalized spacial score (nSPS) is 18.2. The Morgan fingerprint density at radius 3 is 1.02 bits per heavy atom. The molecule has 1 aliphatic heterocycles. The lowest BCUT2D eigenvalue weighted by atomic mass is 9.87. The van der Waals surface area contributed by atoms with Crippen molar-refractivity contribution in [2.24, 2.45) is 0 Å². The van der Waals surface area contributed by atoms with E-state index in [1.165, 1.54) is 65.8 Å². The van der Waals surface area contributed by atoms with Crippen LogP contribution in [0, 0.1) is 41.5 Å². The van der Waals surface area contributed by atoms with E-state index in [4.69, 9.17) is 0 Å². The van der Waals surface area contributed by atoms with Gasteiger partial charge in [0.2, 0.25) is 6.34 Å². The lowest BCUT2D eigenvalue weighted by molar-refractivity contribution is -0.479. The predicted molar refractivity (Wildman–Crippen MR) is 177 cm³/mol. The van der Waals surface area contributed by atoms with Gasteiger partial charge in [-0.2, -0.15) is 114 Å². The van der Waals surface area contributed by atoms with Crippen molar-refractivity contribution in [3.8, 4) is 0 Å². The molecule has 29 heteroatoms. The zero-order valence-corrected chi connectivity index (χ0v) is 34.7. The topological polar surface area (TPSA) is 6.25 Å². The average molecular weight is 1040 g/mol. The highest BCUT2D eigenvalue weighted by molar-refractivity contribution is 5.83. The third kappa shape index (κ3) is 8.93. The van der Waals surface area contributed by atoms with E-state index in [0.717, 1.165) is 6.34 Å². The summed E-state index contributed by atoms with van der Waals surface area (Å²) in [4.78, 5) is 0.662. The molecule has 0 bridgehead atoms. The van der Waals surface area contributed by atoms with Crippen molar-refractivity contribution in [3.05, 3.63) is 57.6 Å². The van der Waals surface area contributed by atoms with Crippen LogP contribution in [0.1, 0.15) is 59.1 Å². The van der Waals surface area contributed by atoms with E-state index < -0.39 is 109 Å². The quantitative estimate of drug-likeness (QED) is 0.120. The summed E-state index contributed by atoms with van der Waals surface area (Å²) in [7, 11) is 0. The Morgan fingerprint density at radius 2 is 0.697 bits per heavy atom. The highest BCUT2D eigenvalue weighted by Crippen LogP contribution is 2.63. The zero-order valence-electron chi connectivity index (χ0n) is 34.0. The number of alkyl halides is 26. The van der Waals surface area contributed by atoms with Crippen molar-refractivity contribution in [3.63, 3.8) is 0 Å². The van der Waals surface area contributed by atoms with Gasteiger partial charge in [0.05, 0.1) is 0 Å². The van der Waals surface area contributed by atoms with Crippen LogP contribution in [-0.4, -0.2) is 94.6 Å². The molecule has 1 aliphatic rings. The number of anilines is 1. The first-order valence-corrected chi connectivity index (χ1v) is 18.1. The highest BCUT2D eigenvalue weighted by Gasteiger charge is 2.92. The molecular weight excluding hydrogens is 1000 g/mol. The number of rotatable bonds is 16. The second kappa shape index (κ2) is 17.4. The predicted octanol–water partition coefficient (Wildman–Crippen LogP) is 11.5. The molecule has 1 heterocycles. The average Bonchev–Trinajstić information content (AvgIpc) is 3.44. The van der Waals surface area contributed by atoms with Crippen molar-refractivity contribution >= 4 is 17.7 Å². The fraction of sp³-hybridized carbons (Fsp3) is 0.649. The standard InChI is InChI=1S/C37H33F26N2.ClH/c1-16-11-18(3)24(19(4)12-16)64-15-65(25-20(5)13-17(2)14-21(25)6)23(8-10-27(40,41)29(44,45)31(48,49)33(52,53)35(56,57)37(61,62)63)22(64)7-9-26(38,39)28(42,43)30(46,47)32(50,51)34(54,55)36(58,59)60;/h11-15,22-23H,7-10H2,1-6H3;1H/q+1;/p-1. The van der Waals surface area contributed by atoms with E-state index >= 15 is 17.6 Å². The first kappa shape index (κ1) is 58.5. The van der Waals surface area contributed by atoms with Crippen LogP contribution in [0.4, 0.5) is 126 Å². The molecular formula is C37H33ClF26N2. The smallest absolute Gasteiger partial charge is 0.460 e. The fourth-order valence-electron chi connectivity index (χ4n) is 7.52. The maximum atomic E-state index is 15.3. The largest absolute Gasteiger partial charge is 1.00 e. The Bertz CT molecular complexity index is 2070. The number of nitrogens with zero attached hydrogens (tertiary/aromatic N) is 2. The molecule has 0 amide bonds. The van der Waals surface area contributed by atoms with Crippen LogP contribution in [0.2, 0.25) is 0 Å². The molecule has 380 valence electrons. The minimum atomic E-state index is -8.34. The van der Waals surface area contributed by atoms with E-state index in [9.17, 15) is 96.6 Å². The lowest BCUT2D eigenvalue weighted by Gasteiger charge is -2.40. The Morgan fingerprint density at radius 1 is 0.409 bits per heavy atom. The number of halogens is 27. The van der Waals surface area contributed by atoms with Gasteiger partial charge in [0, 0.05) is 12.8 Å². The van der Waals surface area contributed by atoms with Crippen LogP contribution in [0.5, 0.6) is 0 Å². The zero-order chi connectivity index (χ0) is 51.3. The van der Waals surface area contributed by atoms with Crippen LogP contribution in [0.25, 0.3) is 0 Å². The second-order valence-electron chi connectivity index (χ2n) is 15.6. The lowest BCUT2D eigenvalue weighted by Crippen LogP contribution is -3.00. The van der Waals surface area contributed by atoms with Crippen molar-refractivity contribution in [1.82, 2.24) is 0 Å². The third-order valence-corrected chi connectivity index (χ3v) is 10.7. The molecule has 3 rings (SSSR count). The Balaban J connectivity index is 0.0000150. The fourth-order valence-corrected chi connectivity index (χ4v) is 7.52. The van der Waals surface area contributed by atoms with Gasteiger partial charge in [0.1, 0.15) is 23.5 Å². The minimum absolute atomic E-state index is 0. The molecule has 0 spiro atoms. The number of aryl methyl sites for hydroxylation is 6. The summed E-state index contributed by atoms with van der Waals surface area (Å²) < 4.78 is 366. The van der Waals surface area contributed by atoms with Crippen LogP contribution < -0.4 is 17.3 Å². The van der Waals surface area contributed by atoms with Crippen molar-refractivity contribution < 1.29 is 131 Å². The van der Waals surface area contributed by atoms with Gasteiger partial charge in [-0.15, -0.1) is 0 Å². The molecule has 0 aliphatic carbocycles. The van der Waals surface area contributed by atoms with Crippen LogP contribution >= 0.6 is 0 Å². The molecule has 66 heavy (non-hydrogen) atoms. The maximum Gasteiger partial charge on any atom is 0.460 e. The molecule has 2 aromatic rings. The molecule has 2 aromatic carbocycles. The van der Waals surface area contributed by atoms with Crippen molar-refractivity contribution in [1.29, 1.82) is 0 Å². The van der Waals surface area contributed by atoms with Gasteiger partial charge in [-0.25, -0.2) is 9.48 Å². The van der Waals surface area contributed by atoms with Gasteiger partial charge in [0.25, 0.3) is 0 Å². The van der Waals surface area contributed by atoms with Crippen LogP contribution in [0.15, 0.2) is 24.3 Å². The summed E-state index contributed by atoms with van der Waals surface area (Å²) in [5, 5.41) is 0. The number of hydrogen-bond donors (Lipinski definition) is 0. The van der Waals surface area contributed by atoms with E-state index in [1.807, 2.05) is 0 Å². The molecule has 0 fully saturated rings. The summed E-state index contributed by atoms with van der Waals surface area (Å²) in [6.07, 6.45) is -24.9. The van der Waals surface area contributed by atoms with Gasteiger partial charge in [-0.3, -0.25) is 0 Å². The number of hydrogen-bond acceptors (Lipinski definition) is 1. The molecule has 2 nitrogen and oxygen atoms in total. The van der Waals surface area contributed by atoms with Gasteiger partial charge in [-0.05, 0) is 76.6 Å². The minimum Gasteiger partial charge on any atom is -1.00 e. The molecule has 0 saturated carbocycles. The first-order chi connectivity index (χ1) is 28.6. The SMILES string of the molecule is Cc1cc(C)c(N2C=[N+](c3c(C)cc(C)cc3C)C(CCC(F)(F)C(F)(F)C(F)(F)C(F)(F)C(F)(F)C(F)(F)F)C2CCC(F)(F)C(F)(F)C(F)(F)C(F)(F)C(F)(F)C(F)(F)F)c(C)c1.[Cl-]. The molecule has 0 N–H and O–H groups in total. The van der Waals surface area contributed by atoms with Gasteiger partial charge < -0.3 is 12.4 Å². The molecule has 2 atom stereocenters. The number of benzene rings is 2. The summed E-state index contributed by atoms with van der Waals surface area (Å²) in [6, 6.07) is 0.230. The Labute approximate surface area is 362 Å². The van der Waals surface area contributed by atoms with Gasteiger partial charge in [0.15, 0.2) is 0 Å². The van der Waals surface area contributed by atoms with Crippen LogP contribution in [0.3, 0.4) is 0 Å². The Hall–Kier alpha value is -3.62. The molecule has 0 radical (unpaired) electrons. The monoisotopic (exact) mass is 1030 g/mol. The molecule has 2 unspecified atom stereocenters. The third-order valence-electron chi connectivity index (χ3n) is 10.7. The summed E-state index contributed by atoms with van der Waals surface area (Å²) in [6.45, 7) is 7.77. The summed E-state index contributed by atoms with van der Waals surface area (Å²) >= 11 is 0. The molecule has 0 saturated heterocycles. The van der Waals surface area contributed by atoms with E-state index in [2.05, 4.69) is 0 Å². The van der Waals surface area contributed by atoms with Crippen molar-refractivity contribution in [2.75, 3.05) is 4.90 Å². The van der Waals surface area contributed by atoms with Gasteiger partial charge in [-0.1, -0.05) is 35.4 Å². The Kier molecular flexibility index (Phi) is 15.4.